The van der Waals surface area contributed by atoms with E-state index in [0.717, 1.165) is 0 Å². The Morgan fingerprint density at radius 1 is 1.17 bits per heavy atom. The molecule has 0 heterocycles. The number of aliphatic hydroxyl groups is 2. The van der Waals surface area contributed by atoms with Gasteiger partial charge in [0.1, 0.15) is 0 Å². The van der Waals surface area contributed by atoms with Gasteiger partial charge in [0.15, 0.2) is 5.41 Å². The molecule has 1 atom stereocenters. The lowest BCUT2D eigenvalue weighted by molar-refractivity contribution is -0.169. The summed E-state index contributed by atoms with van der Waals surface area (Å²) in [5.41, 5.74) is -0.829. The molecule has 0 amide bonds. The van der Waals surface area contributed by atoms with Gasteiger partial charge in [0.2, 0.25) is 0 Å². The van der Waals surface area contributed by atoms with Crippen LogP contribution < -0.4 is 0 Å². The Morgan fingerprint density at radius 3 is 2.25 bits per heavy atom. The number of esters is 2. The summed E-state index contributed by atoms with van der Waals surface area (Å²) in [4.78, 5) is 24.4. The molecular weight excluding hydrogens is 312 g/mol. The lowest BCUT2D eigenvalue weighted by Crippen LogP contribution is -2.41. The minimum atomic E-state index is -1.53. The van der Waals surface area contributed by atoms with Gasteiger partial charge in [0, 0.05) is 6.61 Å². The van der Waals surface area contributed by atoms with Crippen molar-refractivity contribution in [3.63, 3.8) is 0 Å². The van der Waals surface area contributed by atoms with Gasteiger partial charge in [0.05, 0.1) is 20.3 Å². The van der Waals surface area contributed by atoms with Crippen molar-refractivity contribution >= 4 is 11.9 Å². The number of ether oxygens (including phenoxy) is 2. The van der Waals surface area contributed by atoms with E-state index in [-0.39, 0.29) is 25.9 Å². The first-order valence-corrected chi connectivity index (χ1v) is 7.69. The molecule has 0 saturated carbocycles. The Morgan fingerprint density at radius 2 is 1.75 bits per heavy atom. The van der Waals surface area contributed by atoms with Crippen LogP contribution in [0.1, 0.15) is 30.9 Å². The smallest absolute Gasteiger partial charge is 0.323 e. The van der Waals surface area contributed by atoms with Crippen LogP contribution in [0.5, 0.6) is 0 Å². The number of aliphatic hydroxyl groups excluding tert-OH is 2. The Bertz CT molecular complexity index is 536. The fraction of sp³-hybridized carbons (Fsp3) is 0.444. The van der Waals surface area contributed by atoms with Gasteiger partial charge in [-0.15, -0.1) is 0 Å². The summed E-state index contributed by atoms with van der Waals surface area (Å²) < 4.78 is 9.52. The first kappa shape index (κ1) is 19.9. The normalized spacial score (nSPS) is 12.8. The number of benzene rings is 1. The second kappa shape index (κ2) is 9.85. The molecule has 0 fully saturated rings. The average molecular weight is 336 g/mol. The standard InChI is InChI=1S/C18H24O6/c1-23-16(21)18(12-7-13-19,17(22)24-2)11-6-10-15(20)14-8-4-3-5-9-14/h3-6,8-10,15,19-20H,7,11-13H2,1-2H3. The van der Waals surface area contributed by atoms with Crippen LogP contribution >= 0.6 is 0 Å². The van der Waals surface area contributed by atoms with E-state index in [0.29, 0.717) is 5.56 Å². The Kier molecular flexibility index (Phi) is 8.15. The maximum Gasteiger partial charge on any atom is 0.323 e. The highest BCUT2D eigenvalue weighted by Gasteiger charge is 2.46. The zero-order valence-corrected chi connectivity index (χ0v) is 14.0. The van der Waals surface area contributed by atoms with Crippen molar-refractivity contribution in [3.8, 4) is 0 Å². The molecular formula is C18H24O6. The van der Waals surface area contributed by atoms with Gasteiger partial charge < -0.3 is 19.7 Å². The van der Waals surface area contributed by atoms with Crippen molar-refractivity contribution in [2.75, 3.05) is 20.8 Å². The van der Waals surface area contributed by atoms with Gasteiger partial charge in [-0.3, -0.25) is 9.59 Å². The van der Waals surface area contributed by atoms with E-state index in [1.54, 1.807) is 30.3 Å². The topological polar surface area (TPSA) is 93.1 Å². The molecule has 1 aromatic rings. The van der Waals surface area contributed by atoms with E-state index in [4.69, 9.17) is 14.6 Å². The Balaban J connectivity index is 2.96. The van der Waals surface area contributed by atoms with Gasteiger partial charge >= 0.3 is 11.9 Å². The van der Waals surface area contributed by atoms with Crippen molar-refractivity contribution in [2.45, 2.75) is 25.4 Å². The monoisotopic (exact) mass is 336 g/mol. The van der Waals surface area contributed by atoms with Crippen LogP contribution in [0.25, 0.3) is 0 Å². The van der Waals surface area contributed by atoms with Crippen LogP contribution in [0.15, 0.2) is 42.5 Å². The third-order valence-electron chi connectivity index (χ3n) is 3.84. The zero-order valence-electron chi connectivity index (χ0n) is 14.0. The number of carbonyl (C=O) groups is 2. The third-order valence-corrected chi connectivity index (χ3v) is 3.84. The molecule has 0 spiro atoms. The molecule has 2 N–H and O–H groups in total. The lowest BCUT2D eigenvalue weighted by Gasteiger charge is -2.26. The average Bonchev–Trinajstić information content (AvgIpc) is 2.63. The van der Waals surface area contributed by atoms with Crippen LogP contribution in [0, 0.1) is 5.41 Å². The van der Waals surface area contributed by atoms with Gasteiger partial charge in [-0.1, -0.05) is 42.5 Å². The van der Waals surface area contributed by atoms with Gasteiger partial charge in [-0.05, 0) is 24.8 Å². The van der Waals surface area contributed by atoms with Gasteiger partial charge in [-0.2, -0.15) is 0 Å². The zero-order chi connectivity index (χ0) is 18.0. The van der Waals surface area contributed by atoms with Crippen molar-refractivity contribution in [1.29, 1.82) is 0 Å². The maximum absolute atomic E-state index is 12.2. The van der Waals surface area contributed by atoms with E-state index in [9.17, 15) is 14.7 Å². The van der Waals surface area contributed by atoms with Crippen LogP contribution in [0.2, 0.25) is 0 Å². The quantitative estimate of drug-likeness (QED) is 0.406. The largest absolute Gasteiger partial charge is 0.468 e. The lowest BCUT2D eigenvalue weighted by atomic mass is 9.79. The highest BCUT2D eigenvalue weighted by atomic mass is 16.5. The number of hydrogen-bond donors (Lipinski definition) is 2. The molecule has 0 aliphatic carbocycles. The molecule has 6 heteroatoms. The molecule has 132 valence electrons. The summed E-state index contributed by atoms with van der Waals surface area (Å²) >= 11 is 0. The molecule has 24 heavy (non-hydrogen) atoms. The molecule has 0 bridgehead atoms. The first-order chi connectivity index (χ1) is 11.5. The Labute approximate surface area is 141 Å². The highest BCUT2D eigenvalue weighted by Crippen LogP contribution is 2.32. The third kappa shape index (κ3) is 4.91. The number of carbonyl (C=O) groups excluding carboxylic acids is 2. The second-order valence-electron chi connectivity index (χ2n) is 5.38. The van der Waals surface area contributed by atoms with Crippen LogP contribution in [-0.2, 0) is 19.1 Å². The predicted octanol–water partition coefficient (Wildman–Crippen LogP) is 1.77. The molecule has 6 nitrogen and oxygen atoms in total. The van der Waals surface area contributed by atoms with Crippen molar-refractivity contribution < 1.29 is 29.3 Å². The summed E-state index contributed by atoms with van der Waals surface area (Å²) in [6.45, 7) is -0.161. The predicted molar refractivity (Wildman–Crippen MR) is 87.9 cm³/mol. The van der Waals surface area contributed by atoms with Crippen LogP contribution in [0.4, 0.5) is 0 Å². The minimum Gasteiger partial charge on any atom is -0.468 e. The fourth-order valence-electron chi connectivity index (χ4n) is 2.49. The van der Waals surface area contributed by atoms with E-state index < -0.39 is 23.5 Å². The number of methoxy groups -OCH3 is 2. The summed E-state index contributed by atoms with van der Waals surface area (Å²) in [7, 11) is 2.39. The highest BCUT2D eigenvalue weighted by molar-refractivity contribution is 6.00. The maximum atomic E-state index is 12.2. The fourth-order valence-corrected chi connectivity index (χ4v) is 2.49. The Hall–Kier alpha value is -2.18. The minimum absolute atomic E-state index is 0.0102. The molecule has 1 aromatic carbocycles. The molecule has 0 aromatic heterocycles. The van der Waals surface area contributed by atoms with Gasteiger partial charge in [-0.25, -0.2) is 0 Å². The van der Waals surface area contributed by atoms with E-state index in [2.05, 4.69) is 0 Å². The molecule has 1 rings (SSSR count). The summed E-state index contributed by atoms with van der Waals surface area (Å²) in [6.07, 6.45) is 2.57. The van der Waals surface area contributed by atoms with Crippen LogP contribution in [-0.4, -0.2) is 43.0 Å². The second-order valence-corrected chi connectivity index (χ2v) is 5.38. The molecule has 1 unspecified atom stereocenters. The number of allylic oxidation sites excluding steroid dienone is 1. The SMILES string of the molecule is COC(=O)C(CC=CC(O)c1ccccc1)(CCCO)C(=O)OC. The number of hydrogen-bond acceptors (Lipinski definition) is 6. The summed E-state index contributed by atoms with van der Waals surface area (Å²) in [5, 5.41) is 19.2. The summed E-state index contributed by atoms with van der Waals surface area (Å²) in [5.74, 6) is -1.44. The van der Waals surface area contributed by atoms with E-state index in [1.165, 1.54) is 20.3 Å². The van der Waals surface area contributed by atoms with Crippen LogP contribution in [0.3, 0.4) is 0 Å². The van der Waals surface area contributed by atoms with E-state index >= 15 is 0 Å². The van der Waals surface area contributed by atoms with E-state index in [1.807, 2.05) is 6.07 Å². The molecule has 0 radical (unpaired) electrons. The molecule has 0 aliphatic heterocycles. The van der Waals surface area contributed by atoms with Crippen molar-refractivity contribution in [1.82, 2.24) is 0 Å². The van der Waals surface area contributed by atoms with Gasteiger partial charge in [0.25, 0.3) is 0 Å². The summed E-state index contributed by atoms with van der Waals surface area (Å²) in [6, 6.07) is 9.00. The number of rotatable bonds is 9. The van der Waals surface area contributed by atoms with Crippen molar-refractivity contribution in [3.05, 3.63) is 48.0 Å². The molecule has 0 aliphatic rings. The molecule has 0 saturated heterocycles. The first-order valence-electron chi connectivity index (χ1n) is 7.69. The van der Waals surface area contributed by atoms with Crippen molar-refractivity contribution in [2.24, 2.45) is 5.41 Å².